The first kappa shape index (κ1) is 17.9. The number of benzene rings is 2. The van der Waals surface area contributed by atoms with Gasteiger partial charge in [-0.2, -0.15) is 0 Å². The Labute approximate surface area is 162 Å². The van der Waals surface area contributed by atoms with Crippen molar-refractivity contribution in [3.63, 3.8) is 0 Å². The number of amides is 1. The third-order valence-electron chi connectivity index (χ3n) is 5.56. The second-order valence-electron chi connectivity index (χ2n) is 7.38. The molecule has 0 spiro atoms. The lowest BCUT2D eigenvalue weighted by Gasteiger charge is -2.36. The number of carbonyl (C=O) groups is 1. The highest BCUT2D eigenvalue weighted by molar-refractivity contribution is 6.31. The molecule has 0 aromatic heterocycles. The van der Waals surface area contributed by atoms with Gasteiger partial charge in [-0.15, -0.1) is 0 Å². The minimum absolute atomic E-state index is 0.00378. The van der Waals surface area contributed by atoms with Crippen LogP contribution in [-0.4, -0.2) is 41.9 Å². The molecule has 140 valence electrons. The zero-order valence-corrected chi connectivity index (χ0v) is 15.9. The van der Waals surface area contributed by atoms with Crippen LogP contribution in [0.5, 0.6) is 0 Å². The van der Waals surface area contributed by atoms with Gasteiger partial charge < -0.3 is 9.80 Å². The molecule has 0 radical (unpaired) electrons. The first-order chi connectivity index (χ1) is 12.9. The number of piperidine rings is 1. The van der Waals surface area contributed by atoms with E-state index >= 15 is 0 Å². The average molecular weight is 386 g/mol. The summed E-state index contributed by atoms with van der Waals surface area (Å²) in [7, 11) is 2.08. The molecule has 0 N–H and O–H groups in total. The van der Waals surface area contributed by atoms with Gasteiger partial charge in [0.1, 0.15) is 5.56 Å². The van der Waals surface area contributed by atoms with Crippen LogP contribution in [0.4, 0.5) is 11.4 Å². The van der Waals surface area contributed by atoms with Crippen LogP contribution in [0.15, 0.2) is 36.4 Å². The van der Waals surface area contributed by atoms with E-state index in [1.54, 1.807) is 4.90 Å². The first-order valence-corrected chi connectivity index (χ1v) is 9.31. The van der Waals surface area contributed by atoms with Crippen molar-refractivity contribution in [1.82, 2.24) is 4.90 Å². The van der Waals surface area contributed by atoms with Gasteiger partial charge in [-0.05, 0) is 50.7 Å². The molecule has 0 unspecified atom stereocenters. The summed E-state index contributed by atoms with van der Waals surface area (Å²) in [5, 5.41) is 11.8. The first-order valence-electron chi connectivity index (χ1n) is 8.93. The van der Waals surface area contributed by atoms with Crippen LogP contribution in [0.25, 0.3) is 0 Å². The van der Waals surface area contributed by atoms with Crippen LogP contribution < -0.4 is 4.90 Å². The standard InChI is InChI=1S/C20H20ClN3O3/c1-12-3-5-17-14(9-12)16-11-22(2)8-7-18(16)23(17)20(25)15-10-13(21)4-6-19(15)24(26)27/h3-6,9-10,16,18H,7-8,11H2,1-2H3/t16-,18+/m1/s1. The molecule has 1 fully saturated rings. The second-order valence-corrected chi connectivity index (χ2v) is 7.82. The normalized spacial score (nSPS) is 21.7. The number of likely N-dealkylation sites (tertiary alicyclic amines) is 1. The molecular weight excluding hydrogens is 366 g/mol. The van der Waals surface area contributed by atoms with Crippen molar-refractivity contribution < 1.29 is 9.72 Å². The lowest BCUT2D eigenvalue weighted by molar-refractivity contribution is -0.385. The van der Waals surface area contributed by atoms with E-state index in [1.165, 1.54) is 18.2 Å². The number of fused-ring (bicyclic) bond motifs is 3. The molecule has 0 bridgehead atoms. The molecule has 2 aliphatic rings. The molecule has 2 atom stereocenters. The van der Waals surface area contributed by atoms with Gasteiger partial charge in [0.25, 0.3) is 11.6 Å². The second kappa shape index (κ2) is 6.62. The van der Waals surface area contributed by atoms with Crippen molar-refractivity contribution in [2.24, 2.45) is 0 Å². The number of hydrogen-bond donors (Lipinski definition) is 0. The molecular formula is C20H20ClN3O3. The molecule has 2 aromatic carbocycles. The van der Waals surface area contributed by atoms with Crippen molar-refractivity contribution in [2.45, 2.75) is 25.3 Å². The van der Waals surface area contributed by atoms with Gasteiger partial charge in [-0.25, -0.2) is 0 Å². The molecule has 2 aromatic rings. The molecule has 2 aliphatic heterocycles. The third kappa shape index (κ3) is 2.99. The smallest absolute Gasteiger partial charge is 0.282 e. The van der Waals surface area contributed by atoms with Crippen LogP contribution in [0, 0.1) is 17.0 Å². The summed E-state index contributed by atoms with van der Waals surface area (Å²) in [6, 6.07) is 10.2. The van der Waals surface area contributed by atoms with Gasteiger partial charge in [0.2, 0.25) is 0 Å². The van der Waals surface area contributed by atoms with Gasteiger partial charge in [0.15, 0.2) is 0 Å². The molecule has 4 rings (SSSR count). The molecule has 27 heavy (non-hydrogen) atoms. The SMILES string of the molecule is Cc1ccc2c(c1)[C@H]1CN(C)CC[C@@H]1N2C(=O)c1cc(Cl)ccc1[N+](=O)[O-]. The number of hydrogen-bond acceptors (Lipinski definition) is 4. The van der Waals surface area contributed by atoms with E-state index in [-0.39, 0.29) is 29.1 Å². The maximum atomic E-state index is 13.5. The Morgan fingerprint density at radius 2 is 2.04 bits per heavy atom. The Morgan fingerprint density at radius 3 is 2.78 bits per heavy atom. The highest BCUT2D eigenvalue weighted by Crippen LogP contribution is 2.46. The molecule has 2 heterocycles. The summed E-state index contributed by atoms with van der Waals surface area (Å²) < 4.78 is 0. The summed E-state index contributed by atoms with van der Waals surface area (Å²) in [4.78, 5) is 28.4. The Bertz CT molecular complexity index is 946. The number of nitrogens with zero attached hydrogens (tertiary/aromatic N) is 3. The Balaban J connectivity index is 1.83. The Morgan fingerprint density at radius 1 is 1.26 bits per heavy atom. The van der Waals surface area contributed by atoms with Gasteiger partial charge in [-0.3, -0.25) is 14.9 Å². The number of nitro groups is 1. The number of aryl methyl sites for hydroxylation is 1. The van der Waals surface area contributed by atoms with Crippen molar-refractivity contribution in [3.05, 3.63) is 68.2 Å². The van der Waals surface area contributed by atoms with E-state index in [9.17, 15) is 14.9 Å². The van der Waals surface area contributed by atoms with Crippen LogP contribution in [0.1, 0.15) is 33.8 Å². The molecule has 1 amide bonds. The number of rotatable bonds is 2. The van der Waals surface area contributed by atoms with Crippen LogP contribution in [0.3, 0.4) is 0 Å². The molecule has 6 nitrogen and oxygen atoms in total. The van der Waals surface area contributed by atoms with Gasteiger partial charge in [-0.1, -0.05) is 29.3 Å². The summed E-state index contributed by atoms with van der Waals surface area (Å²) >= 11 is 6.05. The Kier molecular flexibility index (Phi) is 4.40. The van der Waals surface area contributed by atoms with Crippen LogP contribution in [0.2, 0.25) is 5.02 Å². The lowest BCUT2D eigenvalue weighted by atomic mass is 9.88. The largest absolute Gasteiger partial charge is 0.306 e. The van der Waals surface area contributed by atoms with E-state index in [4.69, 9.17) is 11.6 Å². The van der Waals surface area contributed by atoms with Crippen molar-refractivity contribution in [2.75, 3.05) is 25.0 Å². The fourth-order valence-corrected chi connectivity index (χ4v) is 4.49. The van der Waals surface area contributed by atoms with Crippen molar-refractivity contribution in [3.8, 4) is 0 Å². The summed E-state index contributed by atoms with van der Waals surface area (Å²) in [6.45, 7) is 3.78. The van der Waals surface area contributed by atoms with E-state index in [0.29, 0.717) is 5.02 Å². The van der Waals surface area contributed by atoms with Crippen molar-refractivity contribution in [1.29, 1.82) is 0 Å². The molecule has 0 saturated carbocycles. The number of likely N-dealkylation sites (N-methyl/N-ethyl adjacent to an activating group) is 1. The van der Waals surface area contributed by atoms with Gasteiger partial charge in [0.05, 0.1) is 4.92 Å². The maximum absolute atomic E-state index is 13.5. The van der Waals surface area contributed by atoms with Crippen LogP contribution in [-0.2, 0) is 0 Å². The minimum Gasteiger partial charge on any atom is -0.306 e. The number of halogens is 1. The predicted molar refractivity (Wildman–Crippen MR) is 105 cm³/mol. The Hall–Kier alpha value is -2.44. The lowest BCUT2D eigenvalue weighted by Crippen LogP contribution is -2.47. The third-order valence-corrected chi connectivity index (χ3v) is 5.79. The number of nitro benzene ring substituents is 1. The van der Waals surface area contributed by atoms with E-state index in [0.717, 1.165) is 36.3 Å². The quantitative estimate of drug-likeness (QED) is 0.578. The van der Waals surface area contributed by atoms with Gasteiger partial charge >= 0.3 is 0 Å². The summed E-state index contributed by atoms with van der Waals surface area (Å²) in [6.07, 6.45) is 0.828. The molecule has 7 heteroatoms. The summed E-state index contributed by atoms with van der Waals surface area (Å²) in [5.41, 5.74) is 2.96. The fraction of sp³-hybridized carbons (Fsp3) is 0.350. The van der Waals surface area contributed by atoms with Crippen molar-refractivity contribution >= 4 is 28.9 Å². The summed E-state index contributed by atoms with van der Waals surface area (Å²) in [5.74, 6) is -0.146. The highest BCUT2D eigenvalue weighted by atomic mass is 35.5. The molecule has 0 aliphatic carbocycles. The van der Waals surface area contributed by atoms with Gasteiger partial charge in [0, 0.05) is 35.3 Å². The van der Waals surface area contributed by atoms with E-state index < -0.39 is 4.92 Å². The average Bonchev–Trinajstić information content (AvgIpc) is 2.93. The number of anilines is 1. The monoisotopic (exact) mass is 385 g/mol. The molecule has 1 saturated heterocycles. The van der Waals surface area contributed by atoms with E-state index in [2.05, 4.69) is 18.0 Å². The number of carbonyl (C=O) groups excluding carboxylic acids is 1. The van der Waals surface area contributed by atoms with E-state index in [1.807, 2.05) is 19.1 Å². The van der Waals surface area contributed by atoms with Crippen LogP contribution >= 0.6 is 11.6 Å². The topological polar surface area (TPSA) is 66.7 Å². The zero-order chi connectivity index (χ0) is 19.3. The fourth-order valence-electron chi connectivity index (χ4n) is 4.31. The highest BCUT2D eigenvalue weighted by Gasteiger charge is 2.45. The zero-order valence-electron chi connectivity index (χ0n) is 15.2. The predicted octanol–water partition coefficient (Wildman–Crippen LogP) is 4.00. The maximum Gasteiger partial charge on any atom is 0.282 e. The minimum atomic E-state index is -0.526.